The van der Waals surface area contributed by atoms with Gasteiger partial charge in [0.2, 0.25) is 0 Å². The summed E-state index contributed by atoms with van der Waals surface area (Å²) >= 11 is 0. The number of hydrogen-bond donors (Lipinski definition) is 2. The zero-order valence-corrected chi connectivity index (χ0v) is 5.69. The van der Waals surface area contributed by atoms with E-state index in [2.05, 4.69) is 4.89 Å². The summed E-state index contributed by atoms with van der Waals surface area (Å²) < 4.78 is 4.88. The monoisotopic (exact) mass is 148 g/mol. The molecule has 0 aromatic carbocycles. The Balaban J connectivity index is 2.26. The van der Waals surface area contributed by atoms with Crippen LogP contribution in [0.4, 0.5) is 0 Å². The van der Waals surface area contributed by atoms with Gasteiger partial charge in [-0.1, -0.05) is 0 Å². The molecular weight excluding hydrogens is 136 g/mol. The van der Waals surface area contributed by atoms with E-state index in [4.69, 9.17) is 15.1 Å². The van der Waals surface area contributed by atoms with Crippen molar-refractivity contribution in [3.8, 4) is 0 Å². The molecular formula is C6H12O4. The van der Waals surface area contributed by atoms with Crippen LogP contribution in [-0.2, 0) is 9.62 Å². The normalized spacial score (nSPS) is 35.4. The van der Waals surface area contributed by atoms with Gasteiger partial charge >= 0.3 is 0 Å². The minimum atomic E-state index is -0.680. The Hall–Kier alpha value is -0.160. The molecule has 60 valence electrons. The molecule has 1 fully saturated rings. The Morgan fingerprint density at radius 2 is 2.20 bits per heavy atom. The predicted octanol–water partition coefficient (Wildman–Crippen LogP) is 0.363. The lowest BCUT2D eigenvalue weighted by atomic mass is 10.2. The summed E-state index contributed by atoms with van der Waals surface area (Å²) in [6.45, 7) is 0.275. The Labute approximate surface area is 59.3 Å². The summed E-state index contributed by atoms with van der Waals surface area (Å²) in [5, 5.41) is 17.2. The summed E-state index contributed by atoms with van der Waals surface area (Å²) in [5.41, 5.74) is 0. The van der Waals surface area contributed by atoms with E-state index in [9.17, 15) is 0 Å². The quantitative estimate of drug-likeness (QED) is 0.416. The Morgan fingerprint density at radius 3 is 2.90 bits per heavy atom. The van der Waals surface area contributed by atoms with Gasteiger partial charge in [0.05, 0.1) is 6.61 Å². The van der Waals surface area contributed by atoms with Gasteiger partial charge in [-0.05, 0) is 19.3 Å². The first-order valence-electron chi connectivity index (χ1n) is 3.43. The number of ether oxygens (including phenoxy) is 1. The van der Waals surface area contributed by atoms with Gasteiger partial charge in [-0.2, -0.15) is 0 Å². The van der Waals surface area contributed by atoms with E-state index in [1.807, 2.05) is 0 Å². The van der Waals surface area contributed by atoms with Crippen molar-refractivity contribution in [2.24, 2.45) is 0 Å². The molecule has 4 nitrogen and oxygen atoms in total. The SMILES string of the molecule is OOC1CCCC(O)OC1. The van der Waals surface area contributed by atoms with Gasteiger partial charge < -0.3 is 9.84 Å². The van der Waals surface area contributed by atoms with Crippen molar-refractivity contribution < 1.29 is 20.0 Å². The molecule has 1 heterocycles. The minimum Gasteiger partial charge on any atom is -0.368 e. The molecule has 0 amide bonds. The minimum absolute atomic E-state index is 0.267. The molecule has 0 radical (unpaired) electrons. The highest BCUT2D eigenvalue weighted by atomic mass is 17.1. The largest absolute Gasteiger partial charge is 0.368 e. The molecule has 0 aliphatic carbocycles. The molecule has 10 heavy (non-hydrogen) atoms. The van der Waals surface area contributed by atoms with Crippen molar-refractivity contribution in [2.75, 3.05) is 6.61 Å². The first-order valence-corrected chi connectivity index (χ1v) is 3.43. The molecule has 4 heteroatoms. The van der Waals surface area contributed by atoms with Crippen LogP contribution >= 0.6 is 0 Å². The Morgan fingerprint density at radius 1 is 1.40 bits per heavy atom. The second-order valence-electron chi connectivity index (χ2n) is 2.45. The van der Waals surface area contributed by atoms with Crippen LogP contribution in [0, 0.1) is 0 Å². The smallest absolute Gasteiger partial charge is 0.154 e. The van der Waals surface area contributed by atoms with Gasteiger partial charge in [0, 0.05) is 0 Å². The highest BCUT2D eigenvalue weighted by molar-refractivity contribution is 4.60. The van der Waals surface area contributed by atoms with Crippen LogP contribution in [0.2, 0.25) is 0 Å². The maximum atomic E-state index is 8.94. The van der Waals surface area contributed by atoms with E-state index < -0.39 is 6.29 Å². The summed E-state index contributed by atoms with van der Waals surface area (Å²) in [4.78, 5) is 4.08. The van der Waals surface area contributed by atoms with Crippen LogP contribution in [-0.4, -0.2) is 29.4 Å². The molecule has 0 spiro atoms. The lowest BCUT2D eigenvalue weighted by Crippen LogP contribution is -2.18. The molecule has 2 unspecified atom stereocenters. The molecule has 0 saturated carbocycles. The van der Waals surface area contributed by atoms with Crippen molar-refractivity contribution in [3.05, 3.63) is 0 Å². The van der Waals surface area contributed by atoms with Crippen LogP contribution in [0.5, 0.6) is 0 Å². The third kappa shape index (κ3) is 2.22. The zero-order valence-electron chi connectivity index (χ0n) is 5.69. The summed E-state index contributed by atoms with van der Waals surface area (Å²) in [6.07, 6.45) is 1.25. The van der Waals surface area contributed by atoms with E-state index in [-0.39, 0.29) is 12.7 Å². The highest BCUT2D eigenvalue weighted by Crippen LogP contribution is 2.13. The molecule has 1 aliphatic rings. The first kappa shape index (κ1) is 7.94. The molecule has 2 N–H and O–H groups in total. The van der Waals surface area contributed by atoms with Crippen LogP contribution < -0.4 is 0 Å². The molecule has 0 aromatic rings. The number of rotatable bonds is 1. The standard InChI is InChI=1S/C6H12O4/c7-6-3-1-2-5(10-8)4-9-6/h5-8H,1-4H2. The fourth-order valence-corrected chi connectivity index (χ4v) is 0.988. The Bertz CT molecular complexity index is 95.7. The third-order valence-electron chi connectivity index (χ3n) is 1.60. The van der Waals surface area contributed by atoms with Crippen molar-refractivity contribution >= 4 is 0 Å². The number of aliphatic hydroxyl groups excluding tert-OH is 1. The molecule has 0 aromatic heterocycles. The number of aliphatic hydroxyl groups is 1. The van der Waals surface area contributed by atoms with E-state index in [1.54, 1.807) is 0 Å². The fraction of sp³-hybridized carbons (Fsp3) is 1.00. The number of hydrogen-bond acceptors (Lipinski definition) is 4. The van der Waals surface area contributed by atoms with Gasteiger partial charge in [0.15, 0.2) is 6.29 Å². The van der Waals surface area contributed by atoms with Crippen LogP contribution in [0.15, 0.2) is 0 Å². The highest BCUT2D eigenvalue weighted by Gasteiger charge is 2.17. The maximum Gasteiger partial charge on any atom is 0.154 e. The van der Waals surface area contributed by atoms with Crippen molar-refractivity contribution in [3.63, 3.8) is 0 Å². The van der Waals surface area contributed by atoms with Gasteiger partial charge in [0.1, 0.15) is 6.10 Å². The topological polar surface area (TPSA) is 58.9 Å². The van der Waals surface area contributed by atoms with Crippen molar-refractivity contribution in [1.29, 1.82) is 0 Å². The molecule has 1 saturated heterocycles. The molecule has 0 bridgehead atoms. The third-order valence-corrected chi connectivity index (χ3v) is 1.60. The predicted molar refractivity (Wildman–Crippen MR) is 33.3 cm³/mol. The van der Waals surface area contributed by atoms with Gasteiger partial charge in [-0.25, -0.2) is 4.89 Å². The molecule has 1 aliphatic heterocycles. The van der Waals surface area contributed by atoms with E-state index in [1.165, 1.54) is 0 Å². The fourth-order valence-electron chi connectivity index (χ4n) is 0.988. The van der Waals surface area contributed by atoms with E-state index in [0.29, 0.717) is 6.42 Å². The van der Waals surface area contributed by atoms with E-state index in [0.717, 1.165) is 12.8 Å². The summed E-state index contributed by atoms with van der Waals surface area (Å²) in [5.74, 6) is 0. The van der Waals surface area contributed by atoms with Crippen molar-refractivity contribution in [1.82, 2.24) is 0 Å². The second-order valence-corrected chi connectivity index (χ2v) is 2.45. The first-order chi connectivity index (χ1) is 4.83. The lowest BCUT2D eigenvalue weighted by Gasteiger charge is -2.09. The lowest BCUT2D eigenvalue weighted by molar-refractivity contribution is -0.291. The van der Waals surface area contributed by atoms with Gasteiger partial charge in [0.25, 0.3) is 0 Å². The summed E-state index contributed by atoms with van der Waals surface area (Å²) in [7, 11) is 0. The average molecular weight is 148 g/mol. The van der Waals surface area contributed by atoms with Crippen LogP contribution in [0.25, 0.3) is 0 Å². The Kier molecular flexibility index (Phi) is 3.08. The van der Waals surface area contributed by atoms with Crippen LogP contribution in [0.3, 0.4) is 0 Å². The van der Waals surface area contributed by atoms with Gasteiger partial charge in [-0.15, -0.1) is 0 Å². The zero-order chi connectivity index (χ0) is 7.40. The summed E-state index contributed by atoms with van der Waals surface area (Å²) in [6, 6.07) is 0. The van der Waals surface area contributed by atoms with E-state index >= 15 is 0 Å². The maximum absolute atomic E-state index is 8.94. The average Bonchev–Trinajstić information content (AvgIpc) is 2.14. The molecule has 1 rings (SSSR count). The molecule has 2 atom stereocenters. The van der Waals surface area contributed by atoms with Crippen molar-refractivity contribution in [2.45, 2.75) is 31.7 Å². The van der Waals surface area contributed by atoms with Crippen LogP contribution in [0.1, 0.15) is 19.3 Å². The second kappa shape index (κ2) is 3.88. The van der Waals surface area contributed by atoms with Gasteiger partial charge in [-0.3, -0.25) is 5.26 Å².